The van der Waals surface area contributed by atoms with E-state index in [9.17, 15) is 16.8 Å². The molecule has 0 N–H and O–H groups in total. The summed E-state index contributed by atoms with van der Waals surface area (Å²) in [6.45, 7) is 6.21. The van der Waals surface area contributed by atoms with E-state index in [-0.39, 0.29) is 21.1 Å². The normalized spacial score (nSPS) is 12.4. The number of hydrazine groups is 1. The fourth-order valence-corrected chi connectivity index (χ4v) is 8.26. The lowest BCUT2D eigenvalue weighted by Gasteiger charge is -2.31. The molecular formula is C30H34N2O4S2Si. The Hall–Kier alpha value is -3.42. The first-order chi connectivity index (χ1) is 18.2. The first-order valence-corrected chi connectivity index (χ1v) is 18.8. The van der Waals surface area contributed by atoms with E-state index < -0.39 is 32.0 Å². The van der Waals surface area contributed by atoms with Crippen LogP contribution in [-0.4, -0.2) is 56.1 Å². The minimum absolute atomic E-state index is 0.0256. The van der Waals surface area contributed by atoms with Gasteiger partial charge >= 0.3 is 0 Å². The molecule has 0 saturated carbocycles. The molecule has 6 nitrogen and oxygen atoms in total. The Labute approximate surface area is 234 Å². The second-order valence-corrected chi connectivity index (χ2v) is 18.9. The van der Waals surface area contributed by atoms with Crippen LogP contribution in [0.25, 0.3) is 6.08 Å². The van der Waals surface area contributed by atoms with Crippen LogP contribution in [0.4, 0.5) is 0 Å². The zero-order valence-electron chi connectivity index (χ0n) is 23.1. The van der Waals surface area contributed by atoms with Gasteiger partial charge in [0, 0.05) is 21.1 Å². The van der Waals surface area contributed by atoms with E-state index in [0.717, 1.165) is 5.56 Å². The van der Waals surface area contributed by atoms with E-state index in [1.807, 2.05) is 30.3 Å². The van der Waals surface area contributed by atoms with Crippen LogP contribution in [0, 0.1) is 11.5 Å². The average molecular weight is 579 g/mol. The van der Waals surface area contributed by atoms with Crippen molar-refractivity contribution in [1.29, 1.82) is 0 Å². The van der Waals surface area contributed by atoms with Gasteiger partial charge in [0.1, 0.15) is 8.07 Å². The van der Waals surface area contributed by atoms with Crippen LogP contribution in [-0.2, 0) is 19.7 Å². The largest absolute Gasteiger partial charge is 0.306 e. The van der Waals surface area contributed by atoms with Gasteiger partial charge in [0.05, 0.1) is 21.1 Å². The molecule has 0 radical (unpaired) electrons. The summed E-state index contributed by atoms with van der Waals surface area (Å²) in [7, 11) is -5.99. The molecule has 204 valence electrons. The molecule has 0 atom stereocenters. The molecule has 3 aromatic rings. The first kappa shape index (κ1) is 30.1. The predicted molar refractivity (Wildman–Crippen MR) is 161 cm³/mol. The van der Waals surface area contributed by atoms with Gasteiger partial charge in [-0.2, -0.15) is 0 Å². The molecule has 0 aliphatic rings. The summed E-state index contributed by atoms with van der Waals surface area (Å²) >= 11 is 0. The fraction of sp³-hybridized carbons (Fsp3) is 0.200. The summed E-state index contributed by atoms with van der Waals surface area (Å²) in [5.41, 5.74) is 4.33. The molecule has 0 saturated heterocycles. The van der Waals surface area contributed by atoms with Gasteiger partial charge in [0.15, 0.2) is 4.24 Å². The number of likely N-dealkylation sites (N-methyl/N-ethyl adjacent to an activating group) is 1. The smallest absolute Gasteiger partial charge is 0.220 e. The number of hydrogen-bond donors (Lipinski definition) is 0. The topological polar surface area (TPSA) is 74.8 Å². The SMILES string of the molecule is CN(C)N(C)C(=C(S(=O)(=O)c1ccccc1)S(=O)(=O)c1ccccc1)/C(C#C[Si](C)(C)C)=C/c1ccccc1. The van der Waals surface area contributed by atoms with Crippen LogP contribution in [0.2, 0.25) is 19.6 Å². The van der Waals surface area contributed by atoms with Crippen molar-refractivity contribution in [2.45, 2.75) is 29.4 Å². The van der Waals surface area contributed by atoms with Crippen LogP contribution in [0.3, 0.4) is 0 Å². The van der Waals surface area contributed by atoms with Gasteiger partial charge in [-0.25, -0.2) is 21.8 Å². The van der Waals surface area contributed by atoms with E-state index in [2.05, 4.69) is 31.1 Å². The quantitative estimate of drug-likeness (QED) is 0.153. The Balaban J connectivity index is 2.60. The molecule has 0 heterocycles. The first-order valence-electron chi connectivity index (χ1n) is 12.3. The van der Waals surface area contributed by atoms with Crippen molar-refractivity contribution in [2.24, 2.45) is 0 Å². The van der Waals surface area contributed by atoms with Gasteiger partial charge in [-0.1, -0.05) is 92.3 Å². The highest BCUT2D eigenvalue weighted by Crippen LogP contribution is 2.36. The monoisotopic (exact) mass is 578 g/mol. The minimum Gasteiger partial charge on any atom is -0.306 e. The third-order valence-electron chi connectivity index (χ3n) is 5.65. The molecule has 3 aromatic carbocycles. The fourth-order valence-electron chi connectivity index (χ4n) is 3.56. The lowest BCUT2D eigenvalue weighted by molar-refractivity contribution is 0.103. The summed E-state index contributed by atoms with van der Waals surface area (Å²) in [5.74, 6) is 3.19. The number of sulfone groups is 2. The molecule has 0 bridgehead atoms. The van der Waals surface area contributed by atoms with Gasteiger partial charge in [-0.15, -0.1) is 5.54 Å². The molecule has 39 heavy (non-hydrogen) atoms. The van der Waals surface area contributed by atoms with E-state index in [0.29, 0.717) is 0 Å². The highest BCUT2D eigenvalue weighted by atomic mass is 32.3. The lowest BCUT2D eigenvalue weighted by Crippen LogP contribution is -2.36. The van der Waals surface area contributed by atoms with Crippen molar-refractivity contribution in [1.82, 2.24) is 10.0 Å². The molecule has 3 rings (SSSR count). The van der Waals surface area contributed by atoms with E-state index in [1.165, 1.54) is 29.3 Å². The average Bonchev–Trinajstić information content (AvgIpc) is 2.90. The Morgan fingerprint density at radius 3 is 1.49 bits per heavy atom. The molecule has 9 heteroatoms. The number of allylic oxidation sites excluding steroid dienone is 1. The van der Waals surface area contributed by atoms with Crippen molar-refractivity contribution < 1.29 is 16.8 Å². The maximum atomic E-state index is 14.3. The molecule has 0 aromatic heterocycles. The van der Waals surface area contributed by atoms with Crippen LogP contribution in [0.5, 0.6) is 0 Å². The molecule has 0 unspecified atom stereocenters. The molecule has 0 aliphatic heterocycles. The highest BCUT2D eigenvalue weighted by Gasteiger charge is 2.39. The minimum atomic E-state index is -4.55. The number of benzene rings is 3. The van der Waals surface area contributed by atoms with Crippen molar-refractivity contribution in [2.75, 3.05) is 21.1 Å². The highest BCUT2D eigenvalue weighted by molar-refractivity contribution is 8.14. The summed E-state index contributed by atoms with van der Waals surface area (Å²) in [6.07, 6.45) is 1.74. The Morgan fingerprint density at radius 2 is 1.10 bits per heavy atom. The van der Waals surface area contributed by atoms with Crippen LogP contribution >= 0.6 is 0 Å². The Bertz CT molecular complexity index is 1560. The van der Waals surface area contributed by atoms with E-state index in [1.54, 1.807) is 68.6 Å². The molecule has 0 spiro atoms. The van der Waals surface area contributed by atoms with Crippen LogP contribution in [0.1, 0.15) is 5.56 Å². The van der Waals surface area contributed by atoms with Crippen molar-refractivity contribution in [3.63, 3.8) is 0 Å². The van der Waals surface area contributed by atoms with Crippen LogP contribution in [0.15, 0.2) is 116 Å². The van der Waals surface area contributed by atoms with Crippen molar-refractivity contribution >= 4 is 33.8 Å². The molecular weight excluding hydrogens is 545 g/mol. The van der Waals surface area contributed by atoms with Crippen LogP contribution < -0.4 is 0 Å². The number of hydrogen-bond acceptors (Lipinski definition) is 6. The summed E-state index contributed by atoms with van der Waals surface area (Å²) in [6, 6.07) is 24.6. The Morgan fingerprint density at radius 1 is 0.692 bits per heavy atom. The third-order valence-corrected chi connectivity index (χ3v) is 11.0. The second-order valence-electron chi connectivity index (χ2n) is 10.1. The zero-order chi connectivity index (χ0) is 28.8. The maximum absolute atomic E-state index is 14.3. The lowest BCUT2D eigenvalue weighted by atomic mass is 10.1. The summed E-state index contributed by atoms with van der Waals surface area (Å²) < 4.78 is 56.6. The standard InChI is InChI=1S/C30H34N2O4S2Si/c1-31(2)32(3)29(26(22-23-39(4,5)6)24-25-16-10-7-11-17-25)30(37(33,34)27-18-12-8-13-19-27)38(35,36)28-20-14-9-15-21-28/h7-21,24H,1-6H3/b26-24+. The van der Waals surface area contributed by atoms with Crippen molar-refractivity contribution in [3.05, 3.63) is 112 Å². The summed E-state index contributed by atoms with van der Waals surface area (Å²) in [4.78, 5) is -0.247. The van der Waals surface area contributed by atoms with E-state index in [4.69, 9.17) is 0 Å². The van der Waals surface area contributed by atoms with Gasteiger partial charge < -0.3 is 5.01 Å². The van der Waals surface area contributed by atoms with Gasteiger partial charge in [-0.3, -0.25) is 0 Å². The molecule has 0 aliphatic carbocycles. The number of nitrogens with zero attached hydrogens (tertiary/aromatic N) is 2. The van der Waals surface area contributed by atoms with Crippen molar-refractivity contribution in [3.8, 4) is 11.5 Å². The number of rotatable bonds is 8. The van der Waals surface area contributed by atoms with Gasteiger partial charge in [0.2, 0.25) is 19.7 Å². The predicted octanol–water partition coefficient (Wildman–Crippen LogP) is 5.48. The molecule has 0 fully saturated rings. The Kier molecular flexibility index (Phi) is 9.41. The summed E-state index contributed by atoms with van der Waals surface area (Å²) in [5, 5.41) is 3.15. The zero-order valence-corrected chi connectivity index (χ0v) is 25.7. The maximum Gasteiger partial charge on any atom is 0.220 e. The van der Waals surface area contributed by atoms with Gasteiger partial charge in [0.25, 0.3) is 0 Å². The molecule has 0 amide bonds. The second kappa shape index (κ2) is 12.2. The van der Waals surface area contributed by atoms with E-state index >= 15 is 0 Å². The van der Waals surface area contributed by atoms with Gasteiger partial charge in [-0.05, 0) is 35.9 Å². The third kappa shape index (κ3) is 7.37.